The number of nitrogen functional groups attached to an aromatic ring is 1. The monoisotopic (exact) mass is 297 g/mol. The van der Waals surface area contributed by atoms with Crippen molar-refractivity contribution in [2.45, 2.75) is 0 Å². The van der Waals surface area contributed by atoms with Crippen LogP contribution in [0.5, 0.6) is 11.5 Å². The van der Waals surface area contributed by atoms with Gasteiger partial charge in [-0.25, -0.2) is 9.97 Å². The van der Waals surface area contributed by atoms with Gasteiger partial charge in [-0.05, 0) is 30.3 Å². The van der Waals surface area contributed by atoms with Crippen molar-refractivity contribution in [2.24, 2.45) is 0 Å². The highest BCUT2D eigenvalue weighted by Gasteiger charge is 2.15. The quantitative estimate of drug-likeness (QED) is 0.797. The molecular weight excluding hydrogens is 282 g/mol. The van der Waals surface area contributed by atoms with Crippen LogP contribution >= 0.6 is 0 Å². The van der Waals surface area contributed by atoms with Crippen LogP contribution in [0.1, 0.15) is 0 Å². The molecular formula is C16H15N3O3. The van der Waals surface area contributed by atoms with E-state index in [1.54, 1.807) is 32.6 Å². The number of methoxy groups -OCH3 is 2. The minimum absolute atomic E-state index is 0.161. The minimum atomic E-state index is 0.161. The summed E-state index contributed by atoms with van der Waals surface area (Å²) >= 11 is 0. The van der Waals surface area contributed by atoms with Crippen LogP contribution in [0.4, 0.5) is 5.95 Å². The van der Waals surface area contributed by atoms with Gasteiger partial charge in [0.15, 0.2) is 17.3 Å². The first-order chi connectivity index (χ1) is 10.7. The van der Waals surface area contributed by atoms with E-state index in [-0.39, 0.29) is 5.95 Å². The summed E-state index contributed by atoms with van der Waals surface area (Å²) in [7, 11) is 3.17. The molecule has 2 N–H and O–H groups in total. The summed E-state index contributed by atoms with van der Waals surface area (Å²) in [5.41, 5.74) is 7.84. The van der Waals surface area contributed by atoms with Crippen LogP contribution in [0.15, 0.2) is 47.1 Å². The molecule has 0 aliphatic rings. The molecule has 2 aromatic heterocycles. The summed E-state index contributed by atoms with van der Waals surface area (Å²) in [6.45, 7) is 0. The largest absolute Gasteiger partial charge is 0.493 e. The van der Waals surface area contributed by atoms with Crippen LogP contribution in [0.3, 0.4) is 0 Å². The second-order valence-electron chi connectivity index (χ2n) is 4.52. The van der Waals surface area contributed by atoms with Crippen molar-refractivity contribution >= 4 is 5.95 Å². The van der Waals surface area contributed by atoms with E-state index in [2.05, 4.69) is 9.97 Å². The van der Waals surface area contributed by atoms with Crippen molar-refractivity contribution in [2.75, 3.05) is 20.0 Å². The van der Waals surface area contributed by atoms with E-state index in [1.165, 1.54) is 0 Å². The van der Waals surface area contributed by atoms with Gasteiger partial charge in [0.1, 0.15) is 5.69 Å². The molecule has 0 atom stereocenters. The van der Waals surface area contributed by atoms with Gasteiger partial charge in [0.2, 0.25) is 5.95 Å². The first-order valence-electron chi connectivity index (χ1n) is 6.62. The SMILES string of the molecule is COc1cccc(-c2cc(-c3ccco3)nc(N)n2)c1OC. The number of hydrogen-bond donors (Lipinski definition) is 1. The summed E-state index contributed by atoms with van der Waals surface area (Å²) in [4.78, 5) is 8.49. The van der Waals surface area contributed by atoms with Crippen LogP contribution in [0.25, 0.3) is 22.7 Å². The molecule has 6 heteroatoms. The lowest BCUT2D eigenvalue weighted by Crippen LogP contribution is -2.00. The van der Waals surface area contributed by atoms with Gasteiger partial charge < -0.3 is 19.6 Å². The third kappa shape index (κ3) is 2.46. The van der Waals surface area contributed by atoms with Crippen molar-refractivity contribution in [1.82, 2.24) is 9.97 Å². The van der Waals surface area contributed by atoms with Crippen molar-refractivity contribution in [3.05, 3.63) is 42.7 Å². The second kappa shape index (κ2) is 5.77. The van der Waals surface area contributed by atoms with E-state index in [9.17, 15) is 0 Å². The molecule has 2 heterocycles. The first kappa shape index (κ1) is 13.9. The zero-order chi connectivity index (χ0) is 15.5. The molecule has 0 unspecified atom stereocenters. The van der Waals surface area contributed by atoms with Crippen LogP contribution < -0.4 is 15.2 Å². The molecule has 0 fully saturated rings. The van der Waals surface area contributed by atoms with Gasteiger partial charge in [0, 0.05) is 5.56 Å². The number of anilines is 1. The third-order valence-electron chi connectivity index (χ3n) is 3.20. The van der Waals surface area contributed by atoms with E-state index >= 15 is 0 Å². The fourth-order valence-electron chi connectivity index (χ4n) is 2.24. The van der Waals surface area contributed by atoms with Gasteiger partial charge >= 0.3 is 0 Å². The zero-order valence-corrected chi connectivity index (χ0v) is 12.2. The van der Waals surface area contributed by atoms with Crippen molar-refractivity contribution < 1.29 is 13.9 Å². The van der Waals surface area contributed by atoms with E-state index in [4.69, 9.17) is 19.6 Å². The summed E-state index contributed by atoms with van der Waals surface area (Å²) in [6.07, 6.45) is 1.58. The molecule has 0 bridgehead atoms. The Morgan fingerprint density at radius 3 is 2.50 bits per heavy atom. The highest BCUT2D eigenvalue weighted by atomic mass is 16.5. The number of ether oxygens (including phenoxy) is 2. The highest BCUT2D eigenvalue weighted by Crippen LogP contribution is 2.38. The minimum Gasteiger partial charge on any atom is -0.493 e. The lowest BCUT2D eigenvalue weighted by Gasteiger charge is -2.12. The Labute approximate surface area is 127 Å². The molecule has 22 heavy (non-hydrogen) atoms. The summed E-state index contributed by atoms with van der Waals surface area (Å²) in [5.74, 6) is 2.00. The third-order valence-corrected chi connectivity index (χ3v) is 3.20. The number of benzene rings is 1. The number of hydrogen-bond acceptors (Lipinski definition) is 6. The number of furan rings is 1. The Balaban J connectivity index is 2.17. The Hall–Kier alpha value is -3.02. The highest BCUT2D eigenvalue weighted by molar-refractivity contribution is 5.74. The zero-order valence-electron chi connectivity index (χ0n) is 12.2. The summed E-state index contributed by atoms with van der Waals surface area (Å²) in [6, 6.07) is 11.0. The molecule has 3 rings (SSSR count). The predicted octanol–water partition coefficient (Wildman–Crippen LogP) is 3.00. The molecule has 0 spiro atoms. The van der Waals surface area contributed by atoms with E-state index in [0.29, 0.717) is 28.6 Å². The molecule has 0 aliphatic carbocycles. The number of para-hydroxylation sites is 1. The number of aromatic nitrogens is 2. The molecule has 0 saturated carbocycles. The van der Waals surface area contributed by atoms with Gasteiger partial charge in [0.25, 0.3) is 0 Å². The van der Waals surface area contributed by atoms with E-state index in [0.717, 1.165) is 5.56 Å². The average molecular weight is 297 g/mol. The van der Waals surface area contributed by atoms with Crippen LogP contribution in [-0.2, 0) is 0 Å². The molecule has 0 amide bonds. The number of nitrogens with zero attached hydrogens (tertiary/aromatic N) is 2. The van der Waals surface area contributed by atoms with Crippen LogP contribution in [-0.4, -0.2) is 24.2 Å². The van der Waals surface area contributed by atoms with Gasteiger partial charge in [-0.15, -0.1) is 0 Å². The predicted molar refractivity (Wildman–Crippen MR) is 82.7 cm³/mol. The Kier molecular flexibility index (Phi) is 3.65. The first-order valence-corrected chi connectivity index (χ1v) is 6.62. The second-order valence-corrected chi connectivity index (χ2v) is 4.52. The molecule has 0 radical (unpaired) electrons. The lowest BCUT2D eigenvalue weighted by atomic mass is 10.1. The van der Waals surface area contributed by atoms with Gasteiger partial charge in [-0.2, -0.15) is 0 Å². The number of nitrogens with two attached hydrogens (primary N) is 1. The van der Waals surface area contributed by atoms with Crippen LogP contribution in [0.2, 0.25) is 0 Å². The smallest absolute Gasteiger partial charge is 0.221 e. The molecule has 0 aliphatic heterocycles. The standard InChI is InChI=1S/C16H15N3O3/c1-20-14-6-3-5-10(15(14)21-2)11-9-12(19-16(17)18-11)13-7-4-8-22-13/h3-9H,1-2H3,(H2,17,18,19). The van der Waals surface area contributed by atoms with Crippen LogP contribution in [0, 0.1) is 0 Å². The van der Waals surface area contributed by atoms with E-state index < -0.39 is 0 Å². The lowest BCUT2D eigenvalue weighted by molar-refractivity contribution is 0.356. The Morgan fingerprint density at radius 2 is 1.82 bits per heavy atom. The normalized spacial score (nSPS) is 10.5. The fraction of sp³-hybridized carbons (Fsp3) is 0.125. The maximum atomic E-state index is 5.83. The van der Waals surface area contributed by atoms with Crippen molar-refractivity contribution in [1.29, 1.82) is 0 Å². The van der Waals surface area contributed by atoms with Gasteiger partial charge in [-0.1, -0.05) is 6.07 Å². The van der Waals surface area contributed by atoms with Gasteiger partial charge in [0.05, 0.1) is 26.2 Å². The maximum Gasteiger partial charge on any atom is 0.221 e. The molecule has 6 nitrogen and oxygen atoms in total. The molecule has 0 saturated heterocycles. The topological polar surface area (TPSA) is 83.4 Å². The summed E-state index contributed by atoms with van der Waals surface area (Å²) in [5, 5.41) is 0. The number of rotatable bonds is 4. The fourth-order valence-corrected chi connectivity index (χ4v) is 2.24. The maximum absolute atomic E-state index is 5.83. The Morgan fingerprint density at radius 1 is 1.00 bits per heavy atom. The molecule has 112 valence electrons. The van der Waals surface area contributed by atoms with E-state index in [1.807, 2.05) is 24.3 Å². The van der Waals surface area contributed by atoms with Crippen molar-refractivity contribution in [3.8, 4) is 34.2 Å². The molecule has 1 aromatic carbocycles. The van der Waals surface area contributed by atoms with Gasteiger partial charge in [-0.3, -0.25) is 0 Å². The Bertz CT molecular complexity index is 785. The molecule has 3 aromatic rings. The van der Waals surface area contributed by atoms with Crippen molar-refractivity contribution in [3.63, 3.8) is 0 Å². The summed E-state index contributed by atoms with van der Waals surface area (Å²) < 4.78 is 16.1. The average Bonchev–Trinajstić information content (AvgIpc) is 3.07.